The van der Waals surface area contributed by atoms with Crippen molar-refractivity contribution in [1.29, 1.82) is 0 Å². The molecule has 1 atom stereocenters. The lowest BCUT2D eigenvalue weighted by molar-refractivity contribution is -0.138. The fourth-order valence-electron chi connectivity index (χ4n) is 5.77. The van der Waals surface area contributed by atoms with Gasteiger partial charge in [-0.25, -0.2) is 9.18 Å². The molecule has 1 aliphatic rings. The van der Waals surface area contributed by atoms with Gasteiger partial charge in [0, 0.05) is 23.7 Å². The van der Waals surface area contributed by atoms with Crippen LogP contribution >= 0.6 is 11.6 Å². The quantitative estimate of drug-likeness (QED) is 0.132. The average molecular weight is 674 g/mol. The Morgan fingerprint density at radius 1 is 1.00 bits per heavy atom. The summed E-state index contributed by atoms with van der Waals surface area (Å²) in [4.78, 5) is 38.6. The van der Waals surface area contributed by atoms with Crippen molar-refractivity contribution in [3.63, 3.8) is 0 Å². The summed E-state index contributed by atoms with van der Waals surface area (Å²) in [5.74, 6) is -1.81. The standard InChI is InChI=1S/C34H32ClF4N3O5/c35-31-23(10-6-13-29(31)47-17-5-1-2-14-30(43)44)24-18-41(19-25-26(34(37,38)39)11-7-12-27(25)36)33(46)42(32(24)45)20-28-22-9-4-3-8-21(22)15-16-40-28/h3-4,6-13,18,28,40H,1-2,5,14-17,19-20H2,(H,43,44). The number of nitrogens with one attached hydrogen (secondary N) is 1. The SMILES string of the molecule is O=C(O)CCCCCOc1cccc(-c2cn(Cc3c(F)cccc3C(F)(F)F)c(=O)n(CC3NCCc4ccccc43)c2=O)c1Cl. The van der Waals surface area contributed by atoms with Crippen molar-refractivity contribution in [1.82, 2.24) is 14.5 Å². The van der Waals surface area contributed by atoms with Crippen LogP contribution in [-0.2, 0) is 30.5 Å². The Bertz CT molecular complexity index is 1890. The predicted octanol–water partition coefficient (Wildman–Crippen LogP) is 6.45. The van der Waals surface area contributed by atoms with E-state index in [2.05, 4.69) is 5.32 Å². The molecular weight excluding hydrogens is 642 g/mol. The smallest absolute Gasteiger partial charge is 0.416 e. The van der Waals surface area contributed by atoms with Crippen LogP contribution in [0.3, 0.4) is 0 Å². The fourth-order valence-corrected chi connectivity index (χ4v) is 6.06. The van der Waals surface area contributed by atoms with Gasteiger partial charge < -0.3 is 15.2 Å². The number of carboxylic acid groups (broad SMARTS) is 1. The largest absolute Gasteiger partial charge is 0.492 e. The molecule has 0 saturated heterocycles. The summed E-state index contributed by atoms with van der Waals surface area (Å²) in [5, 5.41) is 12.2. The van der Waals surface area contributed by atoms with Crippen LogP contribution in [0.1, 0.15) is 54.0 Å². The van der Waals surface area contributed by atoms with Gasteiger partial charge in [0.2, 0.25) is 0 Å². The molecule has 0 fully saturated rings. The minimum absolute atomic E-state index is 0.0369. The number of fused-ring (bicyclic) bond motifs is 1. The van der Waals surface area contributed by atoms with Crippen molar-refractivity contribution < 1.29 is 32.2 Å². The highest BCUT2D eigenvalue weighted by Gasteiger charge is 2.35. The highest BCUT2D eigenvalue weighted by atomic mass is 35.5. The van der Waals surface area contributed by atoms with E-state index in [0.717, 1.165) is 51.1 Å². The second kappa shape index (κ2) is 14.6. The molecule has 3 aromatic carbocycles. The third-order valence-corrected chi connectivity index (χ3v) is 8.51. The highest BCUT2D eigenvalue weighted by Crippen LogP contribution is 2.36. The van der Waals surface area contributed by atoms with Gasteiger partial charge in [-0.1, -0.05) is 54.1 Å². The molecule has 2 heterocycles. The molecule has 13 heteroatoms. The lowest BCUT2D eigenvalue weighted by Gasteiger charge is -2.27. The van der Waals surface area contributed by atoms with Crippen molar-refractivity contribution in [2.24, 2.45) is 0 Å². The summed E-state index contributed by atoms with van der Waals surface area (Å²) < 4.78 is 64.3. The van der Waals surface area contributed by atoms with Crippen LogP contribution in [0.25, 0.3) is 11.1 Å². The van der Waals surface area contributed by atoms with Gasteiger partial charge in [-0.05, 0) is 61.6 Å². The maximum Gasteiger partial charge on any atom is 0.416 e. The van der Waals surface area contributed by atoms with Crippen LogP contribution in [0.15, 0.2) is 76.4 Å². The molecule has 0 radical (unpaired) electrons. The lowest BCUT2D eigenvalue weighted by Crippen LogP contribution is -2.44. The van der Waals surface area contributed by atoms with Crippen LogP contribution in [0, 0.1) is 5.82 Å². The second-order valence-electron chi connectivity index (χ2n) is 11.3. The summed E-state index contributed by atoms with van der Waals surface area (Å²) in [6.07, 6.45) is -1.38. The van der Waals surface area contributed by atoms with E-state index in [1.807, 2.05) is 24.3 Å². The zero-order chi connectivity index (χ0) is 33.7. The third-order valence-electron chi connectivity index (χ3n) is 8.12. The average Bonchev–Trinajstić information content (AvgIpc) is 3.03. The summed E-state index contributed by atoms with van der Waals surface area (Å²) in [5.41, 5.74) is -1.61. The van der Waals surface area contributed by atoms with Gasteiger partial charge >= 0.3 is 17.8 Å². The van der Waals surface area contributed by atoms with Gasteiger partial charge in [0.1, 0.15) is 11.6 Å². The molecule has 47 heavy (non-hydrogen) atoms. The van der Waals surface area contributed by atoms with Gasteiger partial charge in [0.25, 0.3) is 5.56 Å². The zero-order valence-electron chi connectivity index (χ0n) is 25.2. The Kier molecular flexibility index (Phi) is 10.5. The number of rotatable bonds is 12. The van der Waals surface area contributed by atoms with Crippen LogP contribution in [-0.4, -0.2) is 33.4 Å². The molecule has 0 bridgehead atoms. The Morgan fingerprint density at radius 3 is 2.53 bits per heavy atom. The van der Waals surface area contributed by atoms with E-state index in [1.165, 1.54) is 6.07 Å². The van der Waals surface area contributed by atoms with Crippen LogP contribution < -0.4 is 21.3 Å². The van der Waals surface area contributed by atoms with E-state index >= 15 is 0 Å². The first-order chi connectivity index (χ1) is 22.5. The number of carboxylic acids is 1. The highest BCUT2D eigenvalue weighted by molar-refractivity contribution is 6.34. The third kappa shape index (κ3) is 7.77. The molecule has 1 aliphatic heterocycles. The van der Waals surface area contributed by atoms with Crippen LogP contribution in [0.2, 0.25) is 5.02 Å². The molecule has 1 aromatic heterocycles. The van der Waals surface area contributed by atoms with Crippen LogP contribution in [0.5, 0.6) is 5.75 Å². The Hall–Kier alpha value is -4.42. The summed E-state index contributed by atoms with van der Waals surface area (Å²) in [6, 6.07) is 14.4. The minimum atomic E-state index is -4.89. The number of aromatic nitrogens is 2. The van der Waals surface area contributed by atoms with E-state index in [9.17, 15) is 31.9 Å². The van der Waals surface area contributed by atoms with Gasteiger partial charge in [-0.2, -0.15) is 13.2 Å². The van der Waals surface area contributed by atoms with Crippen molar-refractivity contribution in [2.45, 2.75) is 57.4 Å². The molecule has 0 aliphatic carbocycles. The summed E-state index contributed by atoms with van der Waals surface area (Å²) in [7, 11) is 0. The molecule has 1 unspecified atom stereocenters. The minimum Gasteiger partial charge on any atom is -0.492 e. The molecule has 2 N–H and O–H groups in total. The number of nitrogens with zero attached hydrogens (tertiary/aromatic N) is 2. The van der Waals surface area contributed by atoms with E-state index in [4.69, 9.17) is 21.4 Å². The Balaban J connectivity index is 1.57. The molecule has 0 saturated carbocycles. The topological polar surface area (TPSA) is 103 Å². The normalized spacial score (nSPS) is 14.5. The molecular formula is C34H32ClF4N3O5. The number of unbranched alkanes of at least 4 members (excludes halogenated alkanes) is 2. The second-order valence-corrected chi connectivity index (χ2v) is 11.6. The van der Waals surface area contributed by atoms with Crippen molar-refractivity contribution in [2.75, 3.05) is 13.2 Å². The van der Waals surface area contributed by atoms with E-state index in [0.29, 0.717) is 25.8 Å². The first-order valence-corrected chi connectivity index (χ1v) is 15.5. The van der Waals surface area contributed by atoms with Crippen molar-refractivity contribution in [3.8, 4) is 16.9 Å². The number of aliphatic carboxylic acids is 1. The monoisotopic (exact) mass is 673 g/mol. The number of carbonyl (C=O) groups is 1. The maximum absolute atomic E-state index is 14.9. The van der Waals surface area contributed by atoms with Gasteiger partial charge in [-0.3, -0.25) is 18.7 Å². The molecule has 8 nitrogen and oxygen atoms in total. The fraction of sp³-hybridized carbons (Fsp3) is 0.324. The number of halogens is 5. The summed E-state index contributed by atoms with van der Waals surface area (Å²) >= 11 is 6.71. The Labute approximate surface area is 272 Å². The molecule has 248 valence electrons. The molecule has 0 spiro atoms. The van der Waals surface area contributed by atoms with Crippen molar-refractivity contribution >= 4 is 17.6 Å². The van der Waals surface area contributed by atoms with E-state index in [-0.39, 0.29) is 41.5 Å². The number of hydrogen-bond donors (Lipinski definition) is 2. The lowest BCUT2D eigenvalue weighted by atomic mass is 9.94. The van der Waals surface area contributed by atoms with Gasteiger partial charge in [0.15, 0.2) is 0 Å². The number of hydrogen-bond acceptors (Lipinski definition) is 5. The summed E-state index contributed by atoms with van der Waals surface area (Å²) in [6.45, 7) is -0.147. The van der Waals surface area contributed by atoms with E-state index < -0.39 is 52.9 Å². The first kappa shape index (κ1) is 33.9. The first-order valence-electron chi connectivity index (χ1n) is 15.1. The predicted molar refractivity (Wildman–Crippen MR) is 168 cm³/mol. The Morgan fingerprint density at radius 2 is 1.77 bits per heavy atom. The van der Waals surface area contributed by atoms with Gasteiger partial charge in [0.05, 0.1) is 41.9 Å². The molecule has 5 rings (SSSR count). The number of ether oxygens (including phenoxy) is 1. The molecule has 0 amide bonds. The van der Waals surface area contributed by atoms with Crippen LogP contribution in [0.4, 0.5) is 17.6 Å². The van der Waals surface area contributed by atoms with Crippen molar-refractivity contribution in [3.05, 3.63) is 121 Å². The zero-order valence-corrected chi connectivity index (χ0v) is 25.9. The maximum atomic E-state index is 14.9. The van der Waals surface area contributed by atoms with E-state index in [1.54, 1.807) is 12.1 Å². The van der Waals surface area contributed by atoms with Gasteiger partial charge in [-0.15, -0.1) is 0 Å². The number of benzene rings is 3. The molecule has 4 aromatic rings. The number of alkyl halides is 3.